The minimum Gasteiger partial charge on any atom is -0.337 e. The Morgan fingerprint density at radius 1 is 0.972 bits per heavy atom. The molecule has 0 unspecified atom stereocenters. The molecule has 0 fully saturated rings. The van der Waals surface area contributed by atoms with Gasteiger partial charge in [-0.15, -0.1) is 0 Å². The van der Waals surface area contributed by atoms with Crippen LogP contribution < -0.4 is 5.32 Å². The van der Waals surface area contributed by atoms with Crippen LogP contribution >= 0.6 is 0 Å². The molecule has 0 aliphatic carbocycles. The number of imidazole rings is 1. The molecule has 4 heterocycles. The highest BCUT2D eigenvalue weighted by Crippen LogP contribution is 2.33. The number of H-pyrrole nitrogens is 2. The van der Waals surface area contributed by atoms with E-state index in [1.165, 1.54) is 12.1 Å². The highest BCUT2D eigenvalue weighted by Gasteiger charge is 2.17. The molecule has 0 saturated carbocycles. The monoisotopic (exact) mass is 477 g/mol. The third-order valence-corrected chi connectivity index (χ3v) is 6.21. The molecule has 2 aromatic carbocycles. The Hall–Kier alpha value is -4.43. The molecule has 7 nitrogen and oxygen atoms in total. The number of halogens is 1. The lowest BCUT2D eigenvalue weighted by Crippen LogP contribution is -2.11. The first-order chi connectivity index (χ1) is 17.6. The molecule has 0 atom stereocenters. The Labute approximate surface area is 206 Å². The summed E-state index contributed by atoms with van der Waals surface area (Å²) in [7, 11) is 0. The zero-order chi connectivity index (χ0) is 24.6. The summed E-state index contributed by atoms with van der Waals surface area (Å²) in [5.74, 6) is 0.369. The Morgan fingerprint density at radius 3 is 2.75 bits per heavy atom. The summed E-state index contributed by atoms with van der Waals surface area (Å²) in [6.45, 7) is 5.61. The van der Waals surface area contributed by atoms with Crippen LogP contribution in [0, 0.1) is 12.7 Å². The zero-order valence-corrected chi connectivity index (χ0v) is 19.9. The van der Waals surface area contributed by atoms with Crippen LogP contribution in [0.4, 0.5) is 4.39 Å². The smallest absolute Gasteiger partial charge is 0.159 e. The van der Waals surface area contributed by atoms with Gasteiger partial charge in [-0.3, -0.25) is 15.1 Å². The molecule has 0 aliphatic rings. The summed E-state index contributed by atoms with van der Waals surface area (Å²) < 4.78 is 14.1. The highest BCUT2D eigenvalue weighted by atomic mass is 19.1. The van der Waals surface area contributed by atoms with Crippen molar-refractivity contribution in [1.29, 1.82) is 0 Å². The molecule has 0 aliphatic heterocycles. The molecule has 0 bridgehead atoms. The number of aryl methyl sites for hydroxylation is 1. The van der Waals surface area contributed by atoms with Crippen LogP contribution in [0.15, 0.2) is 67.1 Å². The average molecular weight is 478 g/mol. The number of aromatic amines is 2. The highest BCUT2D eigenvalue weighted by molar-refractivity contribution is 5.97. The number of hydrogen-bond donors (Lipinski definition) is 3. The standard InChI is InChI=1S/C28H24FN7/c1-3-30-12-17-9-19(14-31-13-17)24-11-22-25(15-32-24)35-36-27(22)28-33-23-6-4-5-21(26(23)34-28)18-7-16(2)8-20(29)10-18/h4-11,13-15,30H,3,12H2,1-2H3,(H,33,34)(H,35,36). The largest absolute Gasteiger partial charge is 0.337 e. The van der Waals surface area contributed by atoms with E-state index in [1.54, 1.807) is 6.20 Å². The maximum atomic E-state index is 14.1. The van der Waals surface area contributed by atoms with E-state index in [-0.39, 0.29) is 5.82 Å². The van der Waals surface area contributed by atoms with Crippen LogP contribution in [-0.4, -0.2) is 36.7 Å². The molecular formula is C28H24FN7. The molecular weight excluding hydrogens is 453 g/mol. The Morgan fingerprint density at radius 2 is 1.89 bits per heavy atom. The van der Waals surface area contributed by atoms with Gasteiger partial charge < -0.3 is 10.3 Å². The van der Waals surface area contributed by atoms with E-state index in [4.69, 9.17) is 4.98 Å². The van der Waals surface area contributed by atoms with Crippen LogP contribution in [0.1, 0.15) is 18.1 Å². The lowest BCUT2D eigenvalue weighted by molar-refractivity contribution is 0.627. The summed E-state index contributed by atoms with van der Waals surface area (Å²) in [6, 6.07) is 15.0. The summed E-state index contributed by atoms with van der Waals surface area (Å²) in [5.41, 5.74) is 8.49. The van der Waals surface area contributed by atoms with Crippen LogP contribution in [0.25, 0.3) is 55.8 Å². The van der Waals surface area contributed by atoms with E-state index >= 15 is 0 Å². The number of fused-ring (bicyclic) bond motifs is 2. The van der Waals surface area contributed by atoms with E-state index in [9.17, 15) is 4.39 Å². The normalized spacial score (nSPS) is 11.5. The molecule has 0 saturated heterocycles. The summed E-state index contributed by atoms with van der Waals surface area (Å²) in [4.78, 5) is 17.3. The molecule has 3 N–H and O–H groups in total. The maximum absolute atomic E-state index is 14.1. The van der Waals surface area contributed by atoms with Gasteiger partial charge in [-0.25, -0.2) is 9.37 Å². The van der Waals surface area contributed by atoms with E-state index in [0.717, 1.165) is 68.5 Å². The van der Waals surface area contributed by atoms with Gasteiger partial charge in [-0.2, -0.15) is 5.10 Å². The fourth-order valence-electron chi connectivity index (χ4n) is 4.52. The number of hydrogen-bond acceptors (Lipinski definition) is 5. The summed E-state index contributed by atoms with van der Waals surface area (Å²) >= 11 is 0. The number of nitrogens with zero attached hydrogens (tertiary/aromatic N) is 4. The van der Waals surface area contributed by atoms with E-state index in [0.29, 0.717) is 11.5 Å². The Balaban J connectivity index is 1.44. The second kappa shape index (κ2) is 8.98. The van der Waals surface area contributed by atoms with Gasteiger partial charge in [0.05, 0.1) is 28.4 Å². The first-order valence-electron chi connectivity index (χ1n) is 11.8. The van der Waals surface area contributed by atoms with Crippen molar-refractivity contribution >= 4 is 21.9 Å². The number of nitrogens with one attached hydrogen (secondary N) is 3. The topological polar surface area (TPSA) is 95.2 Å². The van der Waals surface area contributed by atoms with Crippen molar-refractivity contribution in [2.24, 2.45) is 0 Å². The van der Waals surface area contributed by atoms with Gasteiger partial charge in [0.25, 0.3) is 0 Å². The van der Waals surface area contributed by atoms with Crippen LogP contribution in [0.2, 0.25) is 0 Å². The number of rotatable bonds is 6. The van der Waals surface area contributed by atoms with Crippen molar-refractivity contribution in [1.82, 2.24) is 35.5 Å². The molecule has 178 valence electrons. The minimum absolute atomic E-state index is 0.264. The van der Waals surface area contributed by atoms with Crippen molar-refractivity contribution in [3.05, 3.63) is 84.1 Å². The molecule has 8 heteroatoms. The van der Waals surface area contributed by atoms with Gasteiger partial charge in [0.2, 0.25) is 0 Å². The third kappa shape index (κ3) is 4.01. The van der Waals surface area contributed by atoms with Crippen LogP contribution in [-0.2, 0) is 6.54 Å². The minimum atomic E-state index is -0.264. The van der Waals surface area contributed by atoms with Crippen molar-refractivity contribution in [3.8, 4) is 33.9 Å². The van der Waals surface area contributed by atoms with Crippen molar-refractivity contribution < 1.29 is 4.39 Å². The zero-order valence-electron chi connectivity index (χ0n) is 19.9. The Kier molecular flexibility index (Phi) is 5.50. The Bertz CT molecular complexity index is 1700. The van der Waals surface area contributed by atoms with Gasteiger partial charge in [0.1, 0.15) is 11.5 Å². The van der Waals surface area contributed by atoms with Gasteiger partial charge in [0.15, 0.2) is 5.82 Å². The maximum Gasteiger partial charge on any atom is 0.159 e. The molecule has 4 aromatic heterocycles. The van der Waals surface area contributed by atoms with Crippen LogP contribution in [0.3, 0.4) is 0 Å². The molecule has 6 aromatic rings. The first-order valence-corrected chi connectivity index (χ1v) is 11.8. The predicted octanol–water partition coefficient (Wildman–Crippen LogP) is 5.79. The van der Waals surface area contributed by atoms with E-state index in [1.807, 2.05) is 49.6 Å². The van der Waals surface area contributed by atoms with Gasteiger partial charge >= 0.3 is 0 Å². The second-order valence-corrected chi connectivity index (χ2v) is 8.85. The fourth-order valence-corrected chi connectivity index (χ4v) is 4.52. The van der Waals surface area contributed by atoms with Gasteiger partial charge in [-0.05, 0) is 60.5 Å². The summed E-state index contributed by atoms with van der Waals surface area (Å²) in [6.07, 6.45) is 5.46. The lowest BCUT2D eigenvalue weighted by Gasteiger charge is -2.05. The number of benzene rings is 2. The van der Waals surface area contributed by atoms with Crippen molar-refractivity contribution in [3.63, 3.8) is 0 Å². The number of para-hydroxylation sites is 1. The van der Waals surface area contributed by atoms with Gasteiger partial charge in [0, 0.05) is 35.5 Å². The van der Waals surface area contributed by atoms with Crippen molar-refractivity contribution in [2.45, 2.75) is 20.4 Å². The SMILES string of the molecule is CCNCc1cncc(-c2cc3c(-c4nc5c(-c6cc(C)cc(F)c6)cccc5[nH]4)n[nH]c3cn2)c1. The third-order valence-electron chi connectivity index (χ3n) is 6.21. The molecule has 6 rings (SSSR count). The van der Waals surface area contributed by atoms with E-state index < -0.39 is 0 Å². The molecule has 0 radical (unpaired) electrons. The first kappa shape index (κ1) is 22.1. The van der Waals surface area contributed by atoms with Gasteiger partial charge in [-0.1, -0.05) is 25.1 Å². The number of pyridine rings is 2. The second-order valence-electron chi connectivity index (χ2n) is 8.85. The summed E-state index contributed by atoms with van der Waals surface area (Å²) in [5, 5.41) is 11.8. The predicted molar refractivity (Wildman–Crippen MR) is 140 cm³/mol. The lowest BCUT2D eigenvalue weighted by atomic mass is 10.0. The molecule has 0 spiro atoms. The van der Waals surface area contributed by atoms with Crippen molar-refractivity contribution in [2.75, 3.05) is 6.54 Å². The quantitative estimate of drug-likeness (QED) is 0.282. The fraction of sp³-hybridized carbons (Fsp3) is 0.143. The molecule has 36 heavy (non-hydrogen) atoms. The van der Waals surface area contributed by atoms with E-state index in [2.05, 4.69) is 43.5 Å². The number of aromatic nitrogens is 6. The molecule has 0 amide bonds. The average Bonchev–Trinajstić information content (AvgIpc) is 3.50. The van der Waals surface area contributed by atoms with Crippen LogP contribution in [0.5, 0.6) is 0 Å².